The fraction of sp³-hybridized carbons (Fsp3) is 0. The first-order valence-electron chi connectivity index (χ1n) is 6.95. The maximum Gasteiger partial charge on any atom is 0.267 e. The zero-order valence-electron chi connectivity index (χ0n) is 11.8. The molecule has 5 nitrogen and oxygen atoms in total. The molecule has 1 N–H and O–H groups in total. The average Bonchev–Trinajstić information content (AvgIpc) is 3.07. The van der Waals surface area contributed by atoms with E-state index in [2.05, 4.69) is 10.2 Å². The van der Waals surface area contributed by atoms with E-state index in [-0.39, 0.29) is 10.8 Å². The van der Waals surface area contributed by atoms with E-state index < -0.39 is 11.8 Å². The summed E-state index contributed by atoms with van der Waals surface area (Å²) in [6.07, 6.45) is 0. The SMILES string of the molecule is O=C1c2ccccc2C(=O)N1c1n[nH]c(-c2ccccc2)c1Cl. The van der Waals surface area contributed by atoms with Gasteiger partial charge in [0.2, 0.25) is 0 Å². The van der Waals surface area contributed by atoms with Crippen molar-refractivity contribution in [1.29, 1.82) is 0 Å². The number of carbonyl (C=O) groups excluding carboxylic acids is 2. The summed E-state index contributed by atoms with van der Waals surface area (Å²) in [6.45, 7) is 0. The molecule has 0 radical (unpaired) electrons. The Morgan fingerprint density at radius 1 is 0.870 bits per heavy atom. The normalized spacial score (nSPS) is 13.5. The van der Waals surface area contributed by atoms with E-state index in [1.165, 1.54) is 0 Å². The van der Waals surface area contributed by atoms with Gasteiger partial charge in [0.25, 0.3) is 11.8 Å². The van der Waals surface area contributed by atoms with Gasteiger partial charge >= 0.3 is 0 Å². The number of halogens is 1. The third kappa shape index (κ3) is 1.98. The number of H-pyrrole nitrogens is 1. The van der Waals surface area contributed by atoms with Gasteiger partial charge in [-0.25, -0.2) is 4.90 Å². The summed E-state index contributed by atoms with van der Waals surface area (Å²) in [5, 5.41) is 7.13. The molecule has 2 heterocycles. The number of nitrogens with one attached hydrogen (secondary N) is 1. The molecular formula is C17H10ClN3O2. The molecule has 1 aromatic heterocycles. The van der Waals surface area contributed by atoms with Gasteiger partial charge in [-0.05, 0) is 12.1 Å². The van der Waals surface area contributed by atoms with Crippen molar-refractivity contribution in [3.05, 3.63) is 70.7 Å². The summed E-state index contributed by atoms with van der Waals surface area (Å²) < 4.78 is 0. The monoisotopic (exact) mass is 323 g/mol. The summed E-state index contributed by atoms with van der Waals surface area (Å²) in [6, 6.07) is 16.0. The van der Waals surface area contributed by atoms with Crippen LogP contribution >= 0.6 is 11.6 Å². The molecule has 1 aliphatic rings. The zero-order chi connectivity index (χ0) is 16.0. The van der Waals surface area contributed by atoms with Crippen molar-refractivity contribution in [2.24, 2.45) is 0 Å². The molecule has 0 bridgehead atoms. The van der Waals surface area contributed by atoms with Crippen LogP contribution in [0.15, 0.2) is 54.6 Å². The predicted molar refractivity (Wildman–Crippen MR) is 86.6 cm³/mol. The highest BCUT2D eigenvalue weighted by molar-refractivity contribution is 6.40. The number of hydrogen-bond donors (Lipinski definition) is 1. The fourth-order valence-corrected chi connectivity index (χ4v) is 2.92. The minimum Gasteiger partial charge on any atom is -0.274 e. The van der Waals surface area contributed by atoms with Crippen molar-refractivity contribution in [3.8, 4) is 11.3 Å². The maximum absolute atomic E-state index is 12.5. The van der Waals surface area contributed by atoms with Crippen LogP contribution in [-0.2, 0) is 0 Å². The Balaban J connectivity index is 1.81. The van der Waals surface area contributed by atoms with Crippen molar-refractivity contribution in [1.82, 2.24) is 10.2 Å². The highest BCUT2D eigenvalue weighted by atomic mass is 35.5. The molecule has 2 aromatic carbocycles. The van der Waals surface area contributed by atoms with Gasteiger partial charge in [-0.15, -0.1) is 0 Å². The van der Waals surface area contributed by atoms with Gasteiger partial charge < -0.3 is 0 Å². The van der Waals surface area contributed by atoms with E-state index in [9.17, 15) is 9.59 Å². The number of fused-ring (bicyclic) bond motifs is 1. The standard InChI is InChI=1S/C17H10ClN3O2/c18-13-14(10-6-2-1-3-7-10)19-20-15(13)21-16(22)11-8-4-5-9-12(11)17(21)23/h1-9H,(H,19,20). The molecule has 0 saturated carbocycles. The Bertz CT molecular complexity index is 899. The number of rotatable bonds is 2. The van der Waals surface area contributed by atoms with Gasteiger partial charge in [-0.2, -0.15) is 5.10 Å². The molecule has 0 fully saturated rings. The Morgan fingerprint density at radius 2 is 1.43 bits per heavy atom. The van der Waals surface area contributed by atoms with Crippen LogP contribution in [0, 0.1) is 0 Å². The first kappa shape index (κ1) is 13.7. The van der Waals surface area contributed by atoms with Crippen molar-refractivity contribution >= 4 is 29.2 Å². The number of anilines is 1. The third-order valence-corrected chi connectivity index (χ3v) is 4.12. The molecule has 23 heavy (non-hydrogen) atoms. The lowest BCUT2D eigenvalue weighted by molar-refractivity contribution is 0.0925. The second-order valence-corrected chi connectivity index (χ2v) is 5.47. The van der Waals surface area contributed by atoms with Crippen LogP contribution in [-0.4, -0.2) is 22.0 Å². The average molecular weight is 324 g/mol. The molecule has 112 valence electrons. The quantitative estimate of drug-likeness (QED) is 0.734. The highest BCUT2D eigenvalue weighted by Gasteiger charge is 2.39. The van der Waals surface area contributed by atoms with Gasteiger partial charge in [0.15, 0.2) is 5.82 Å². The Hall–Kier alpha value is -2.92. The first-order chi connectivity index (χ1) is 11.2. The van der Waals surface area contributed by atoms with Crippen LogP contribution < -0.4 is 4.90 Å². The highest BCUT2D eigenvalue weighted by Crippen LogP contribution is 2.37. The van der Waals surface area contributed by atoms with Gasteiger partial charge in [0.1, 0.15) is 5.02 Å². The molecule has 0 aliphatic carbocycles. The van der Waals surface area contributed by atoms with Gasteiger partial charge in [-0.3, -0.25) is 14.7 Å². The summed E-state index contributed by atoms with van der Waals surface area (Å²) in [5.41, 5.74) is 2.11. The first-order valence-corrected chi connectivity index (χ1v) is 7.33. The number of nitrogens with zero attached hydrogens (tertiary/aromatic N) is 2. The fourth-order valence-electron chi connectivity index (χ4n) is 2.64. The van der Waals surface area contributed by atoms with Crippen molar-refractivity contribution in [3.63, 3.8) is 0 Å². The molecule has 0 unspecified atom stereocenters. The minimum atomic E-state index is -0.418. The van der Waals surface area contributed by atoms with Gasteiger partial charge in [0, 0.05) is 5.56 Å². The van der Waals surface area contributed by atoms with Crippen molar-refractivity contribution in [2.45, 2.75) is 0 Å². The number of aromatic nitrogens is 2. The topological polar surface area (TPSA) is 66.1 Å². The van der Waals surface area contributed by atoms with E-state index in [0.29, 0.717) is 16.8 Å². The van der Waals surface area contributed by atoms with E-state index in [1.54, 1.807) is 24.3 Å². The second-order valence-electron chi connectivity index (χ2n) is 5.09. The maximum atomic E-state index is 12.5. The number of aromatic amines is 1. The number of carbonyl (C=O) groups is 2. The lowest BCUT2D eigenvalue weighted by Crippen LogP contribution is -2.30. The molecule has 3 aromatic rings. The Morgan fingerprint density at radius 3 is 2.04 bits per heavy atom. The summed E-state index contributed by atoms with van der Waals surface area (Å²) >= 11 is 6.37. The lowest BCUT2D eigenvalue weighted by atomic mass is 10.1. The van der Waals surface area contributed by atoms with Crippen LogP contribution in [0.25, 0.3) is 11.3 Å². The molecule has 0 saturated heterocycles. The largest absolute Gasteiger partial charge is 0.274 e. The van der Waals surface area contributed by atoms with Crippen molar-refractivity contribution in [2.75, 3.05) is 4.90 Å². The minimum absolute atomic E-state index is 0.122. The number of imide groups is 1. The van der Waals surface area contributed by atoms with Crippen molar-refractivity contribution < 1.29 is 9.59 Å². The van der Waals surface area contributed by atoms with Crippen LogP contribution in [0.5, 0.6) is 0 Å². The van der Waals surface area contributed by atoms with Crippen LogP contribution in [0.4, 0.5) is 5.82 Å². The lowest BCUT2D eigenvalue weighted by Gasteiger charge is -2.10. The van der Waals surface area contributed by atoms with E-state index in [4.69, 9.17) is 11.6 Å². The summed E-state index contributed by atoms with van der Waals surface area (Å²) in [5.74, 6) is -0.714. The molecular weight excluding hydrogens is 314 g/mol. The Kier molecular flexibility index (Phi) is 3.02. The zero-order valence-corrected chi connectivity index (χ0v) is 12.5. The number of benzene rings is 2. The molecule has 4 rings (SSSR count). The van der Waals surface area contributed by atoms with Gasteiger partial charge in [0.05, 0.1) is 16.8 Å². The summed E-state index contributed by atoms with van der Waals surface area (Å²) in [4.78, 5) is 26.0. The van der Waals surface area contributed by atoms with E-state index in [0.717, 1.165) is 10.5 Å². The number of amides is 2. The van der Waals surface area contributed by atoms with Crippen LogP contribution in [0.2, 0.25) is 5.02 Å². The van der Waals surface area contributed by atoms with E-state index >= 15 is 0 Å². The molecule has 2 amide bonds. The molecule has 1 aliphatic heterocycles. The Labute approximate surface area is 136 Å². The van der Waals surface area contributed by atoms with Gasteiger partial charge in [-0.1, -0.05) is 54.1 Å². The third-order valence-electron chi connectivity index (χ3n) is 3.76. The second kappa shape index (κ2) is 5.07. The van der Waals surface area contributed by atoms with Crippen LogP contribution in [0.1, 0.15) is 20.7 Å². The summed E-state index contributed by atoms with van der Waals surface area (Å²) in [7, 11) is 0. The predicted octanol–water partition coefficient (Wildman–Crippen LogP) is 3.53. The molecule has 0 atom stereocenters. The smallest absolute Gasteiger partial charge is 0.267 e. The molecule has 6 heteroatoms. The van der Waals surface area contributed by atoms with Crippen LogP contribution in [0.3, 0.4) is 0 Å². The number of hydrogen-bond acceptors (Lipinski definition) is 3. The van der Waals surface area contributed by atoms with E-state index in [1.807, 2.05) is 30.3 Å². The molecule has 0 spiro atoms.